The van der Waals surface area contributed by atoms with E-state index in [4.69, 9.17) is 4.74 Å². The van der Waals surface area contributed by atoms with Crippen molar-refractivity contribution in [3.63, 3.8) is 0 Å². The molecule has 3 nitrogen and oxygen atoms in total. The fraction of sp³-hybridized carbons (Fsp3) is 0.545. The minimum absolute atomic E-state index is 0.0598. The van der Waals surface area contributed by atoms with Crippen LogP contribution in [0.15, 0.2) is 18.3 Å². The van der Waals surface area contributed by atoms with Gasteiger partial charge in [0.05, 0.1) is 5.69 Å². The Hall–Kier alpha value is -1.30. The van der Waals surface area contributed by atoms with Gasteiger partial charge in [0.15, 0.2) is 0 Å². The fourth-order valence-electron chi connectivity index (χ4n) is 1.36. The molecule has 0 aliphatic heterocycles. The first-order valence-electron chi connectivity index (χ1n) is 5.19. The molecule has 17 heavy (non-hydrogen) atoms. The molecule has 0 saturated heterocycles. The van der Waals surface area contributed by atoms with E-state index in [2.05, 4.69) is 0 Å². The van der Waals surface area contributed by atoms with Crippen molar-refractivity contribution in [1.82, 2.24) is 4.57 Å². The van der Waals surface area contributed by atoms with Gasteiger partial charge < -0.3 is 9.30 Å². The largest absolute Gasteiger partial charge is 0.389 e. The Bertz CT molecular complexity index is 371. The lowest BCUT2D eigenvalue weighted by Gasteiger charge is -2.06. The number of alkyl halides is 3. The van der Waals surface area contributed by atoms with E-state index in [1.165, 1.54) is 0 Å². The molecule has 1 rings (SSSR count). The Morgan fingerprint density at radius 3 is 2.71 bits per heavy atom. The minimum atomic E-state index is -4.16. The van der Waals surface area contributed by atoms with E-state index >= 15 is 0 Å². The Balaban J connectivity index is 2.20. The summed E-state index contributed by atoms with van der Waals surface area (Å²) in [4.78, 5) is 11.5. The summed E-state index contributed by atoms with van der Waals surface area (Å²) in [6.07, 6.45) is -3.45. The van der Waals surface area contributed by atoms with Crippen molar-refractivity contribution in [2.75, 3.05) is 13.2 Å². The highest BCUT2D eigenvalue weighted by atomic mass is 19.4. The fourth-order valence-corrected chi connectivity index (χ4v) is 1.36. The third kappa shape index (κ3) is 5.04. The molecule has 0 fully saturated rings. The van der Waals surface area contributed by atoms with Crippen molar-refractivity contribution in [1.29, 1.82) is 0 Å². The molecule has 0 N–H and O–H groups in total. The second kappa shape index (κ2) is 5.86. The van der Waals surface area contributed by atoms with Crippen LogP contribution in [0.1, 0.15) is 23.3 Å². The molecular formula is C11H14F3NO2. The van der Waals surface area contributed by atoms with Gasteiger partial charge in [0.2, 0.25) is 5.78 Å². The van der Waals surface area contributed by atoms with Crippen LogP contribution in [0.2, 0.25) is 0 Å². The summed E-state index contributed by atoms with van der Waals surface area (Å²) in [5.41, 5.74) is 0.487. The summed E-state index contributed by atoms with van der Waals surface area (Å²) in [5.74, 6) is -0.232. The van der Waals surface area contributed by atoms with E-state index < -0.39 is 12.6 Å². The number of rotatable bonds is 6. The van der Waals surface area contributed by atoms with Crippen molar-refractivity contribution >= 4 is 5.78 Å². The first kappa shape index (κ1) is 13.8. The third-order valence-corrected chi connectivity index (χ3v) is 2.21. The molecular weight excluding hydrogens is 235 g/mol. The quantitative estimate of drug-likeness (QED) is 0.573. The highest BCUT2D eigenvalue weighted by Gasteiger charge is 2.26. The molecule has 0 atom stereocenters. The molecule has 1 aromatic heterocycles. The SMILES string of the molecule is Cn1cccc1C(=O)COCCCC(F)(F)F. The monoisotopic (exact) mass is 249 g/mol. The van der Waals surface area contributed by atoms with Gasteiger partial charge in [0.25, 0.3) is 0 Å². The number of ketones is 1. The zero-order chi connectivity index (χ0) is 12.9. The van der Waals surface area contributed by atoms with E-state index in [1.807, 2.05) is 0 Å². The molecule has 1 heterocycles. The van der Waals surface area contributed by atoms with Gasteiger partial charge in [-0.2, -0.15) is 13.2 Å². The van der Waals surface area contributed by atoms with E-state index in [0.29, 0.717) is 5.69 Å². The highest BCUT2D eigenvalue weighted by molar-refractivity contribution is 5.95. The smallest absolute Gasteiger partial charge is 0.373 e. The third-order valence-electron chi connectivity index (χ3n) is 2.21. The standard InChI is InChI=1S/C11H14F3NO2/c1-15-6-2-4-9(15)10(16)8-17-7-3-5-11(12,13)14/h2,4,6H,3,5,7-8H2,1H3. The second-order valence-electron chi connectivity index (χ2n) is 3.70. The van der Waals surface area contributed by atoms with Gasteiger partial charge in [-0.25, -0.2) is 0 Å². The van der Waals surface area contributed by atoms with Crippen molar-refractivity contribution in [2.45, 2.75) is 19.0 Å². The molecule has 0 aliphatic carbocycles. The average Bonchev–Trinajstić information content (AvgIpc) is 2.62. The van der Waals surface area contributed by atoms with E-state index in [9.17, 15) is 18.0 Å². The molecule has 0 saturated carbocycles. The van der Waals surface area contributed by atoms with Crippen LogP contribution in [-0.2, 0) is 11.8 Å². The Labute approximate surface area is 97.2 Å². The lowest BCUT2D eigenvalue weighted by molar-refractivity contribution is -0.137. The van der Waals surface area contributed by atoms with Crippen LogP contribution in [-0.4, -0.2) is 29.7 Å². The number of hydrogen-bond acceptors (Lipinski definition) is 2. The van der Waals surface area contributed by atoms with Gasteiger partial charge in [-0.1, -0.05) is 0 Å². The van der Waals surface area contributed by atoms with Crippen molar-refractivity contribution in [2.24, 2.45) is 7.05 Å². The summed E-state index contributed by atoms with van der Waals surface area (Å²) in [5, 5.41) is 0. The molecule has 1 aromatic rings. The number of hydrogen-bond donors (Lipinski definition) is 0. The lowest BCUT2D eigenvalue weighted by atomic mass is 10.3. The molecule has 96 valence electrons. The number of carbonyl (C=O) groups excluding carboxylic acids is 1. The van der Waals surface area contributed by atoms with E-state index in [-0.39, 0.29) is 25.4 Å². The number of halogens is 3. The number of aromatic nitrogens is 1. The Morgan fingerprint density at radius 1 is 1.47 bits per heavy atom. The maximum absolute atomic E-state index is 11.8. The molecule has 6 heteroatoms. The summed E-state index contributed by atoms with van der Waals surface area (Å²) in [6.45, 7) is -0.245. The van der Waals surface area contributed by atoms with Crippen LogP contribution < -0.4 is 0 Å². The van der Waals surface area contributed by atoms with Crippen molar-refractivity contribution in [3.05, 3.63) is 24.0 Å². The Morgan fingerprint density at radius 2 is 2.18 bits per heavy atom. The number of ether oxygens (including phenoxy) is 1. The summed E-state index contributed by atoms with van der Waals surface area (Å²) in [6, 6.07) is 3.36. The van der Waals surface area contributed by atoms with Gasteiger partial charge in [0, 0.05) is 26.3 Å². The molecule has 0 aromatic carbocycles. The van der Waals surface area contributed by atoms with Gasteiger partial charge in [0.1, 0.15) is 6.61 Å². The zero-order valence-corrected chi connectivity index (χ0v) is 9.46. The van der Waals surface area contributed by atoms with Gasteiger partial charge in [-0.15, -0.1) is 0 Å². The molecule has 0 unspecified atom stereocenters. The maximum atomic E-state index is 11.8. The predicted molar refractivity (Wildman–Crippen MR) is 55.9 cm³/mol. The molecule has 0 bridgehead atoms. The topological polar surface area (TPSA) is 31.2 Å². The molecule has 0 amide bonds. The second-order valence-corrected chi connectivity index (χ2v) is 3.70. The zero-order valence-electron chi connectivity index (χ0n) is 9.46. The van der Waals surface area contributed by atoms with Gasteiger partial charge in [-0.3, -0.25) is 4.79 Å². The van der Waals surface area contributed by atoms with Crippen LogP contribution in [0.25, 0.3) is 0 Å². The number of carbonyl (C=O) groups is 1. The van der Waals surface area contributed by atoms with Crippen LogP contribution in [0.4, 0.5) is 13.2 Å². The van der Waals surface area contributed by atoms with Crippen molar-refractivity contribution in [3.8, 4) is 0 Å². The first-order valence-corrected chi connectivity index (χ1v) is 5.19. The molecule has 0 spiro atoms. The summed E-state index contributed by atoms with van der Waals surface area (Å²) >= 11 is 0. The maximum Gasteiger partial charge on any atom is 0.389 e. The van der Waals surface area contributed by atoms with Crippen LogP contribution in [0, 0.1) is 0 Å². The number of Topliss-reactive ketones (excluding diaryl/α,β-unsaturated/α-hetero) is 1. The normalized spacial score (nSPS) is 11.8. The number of aryl methyl sites for hydroxylation is 1. The predicted octanol–water partition coefficient (Wildman–Crippen LogP) is 2.57. The minimum Gasteiger partial charge on any atom is -0.373 e. The van der Waals surface area contributed by atoms with Crippen LogP contribution >= 0.6 is 0 Å². The van der Waals surface area contributed by atoms with Gasteiger partial charge >= 0.3 is 6.18 Å². The summed E-state index contributed by atoms with van der Waals surface area (Å²) in [7, 11) is 1.72. The van der Waals surface area contributed by atoms with E-state index in [0.717, 1.165) is 0 Å². The lowest BCUT2D eigenvalue weighted by Crippen LogP contribution is -2.14. The van der Waals surface area contributed by atoms with Crippen LogP contribution in [0.3, 0.4) is 0 Å². The van der Waals surface area contributed by atoms with Crippen LogP contribution in [0.5, 0.6) is 0 Å². The Kier molecular flexibility index (Phi) is 4.74. The summed E-state index contributed by atoms with van der Waals surface area (Å²) < 4.78 is 41.9. The molecule has 0 aliphatic rings. The highest BCUT2D eigenvalue weighted by Crippen LogP contribution is 2.20. The average molecular weight is 249 g/mol. The van der Waals surface area contributed by atoms with Crippen molar-refractivity contribution < 1.29 is 22.7 Å². The van der Waals surface area contributed by atoms with Gasteiger partial charge in [-0.05, 0) is 18.6 Å². The first-order chi connectivity index (χ1) is 7.90. The number of nitrogens with zero attached hydrogens (tertiary/aromatic N) is 1. The van der Waals surface area contributed by atoms with E-state index in [1.54, 1.807) is 29.9 Å². The molecule has 0 radical (unpaired) electrons.